The minimum absolute atomic E-state index is 0. The molecule has 0 radical (unpaired) electrons. The number of hydrogen-bond donors (Lipinski definition) is 1. The van der Waals surface area contributed by atoms with Gasteiger partial charge in [0, 0.05) is 38.6 Å². The summed E-state index contributed by atoms with van der Waals surface area (Å²) >= 11 is 0. The second-order valence-electron chi connectivity index (χ2n) is 8.62. The average Bonchev–Trinajstić information content (AvgIpc) is 3.25. The first-order chi connectivity index (χ1) is 13.7. The number of nitrogens with zero attached hydrogens (tertiary/aromatic N) is 4. The van der Waals surface area contributed by atoms with Crippen molar-refractivity contribution in [2.24, 2.45) is 16.3 Å². The van der Waals surface area contributed by atoms with E-state index in [-0.39, 0.29) is 24.0 Å². The molecule has 158 valence electrons. The zero-order chi connectivity index (χ0) is 19.4. The fourth-order valence-electron chi connectivity index (χ4n) is 4.36. The van der Waals surface area contributed by atoms with Crippen LogP contribution in [0.25, 0.3) is 0 Å². The van der Waals surface area contributed by atoms with E-state index in [4.69, 9.17) is 4.99 Å². The zero-order valence-electron chi connectivity index (χ0n) is 17.6. The Kier molecular flexibility index (Phi) is 7.60. The van der Waals surface area contributed by atoms with E-state index < -0.39 is 0 Å². The Morgan fingerprint density at radius 2 is 2.07 bits per heavy atom. The Morgan fingerprint density at radius 3 is 2.72 bits per heavy atom. The Hall–Kier alpha value is -1.57. The number of likely N-dealkylation sites (tertiary alicyclic amines) is 1. The molecule has 0 spiro atoms. The zero-order valence-corrected chi connectivity index (χ0v) is 20.0. The average molecular weight is 507 g/mol. The fraction of sp³-hybridized carbons (Fsp3) is 0.565. The highest BCUT2D eigenvalue weighted by atomic mass is 127. The van der Waals surface area contributed by atoms with E-state index in [2.05, 4.69) is 70.1 Å². The van der Waals surface area contributed by atoms with Crippen LogP contribution in [0.15, 0.2) is 54.0 Å². The maximum Gasteiger partial charge on any atom is 0.194 e. The number of benzene rings is 1. The lowest BCUT2D eigenvalue weighted by molar-refractivity contribution is 0.188. The molecular formula is C23H34IN5. The van der Waals surface area contributed by atoms with E-state index >= 15 is 0 Å². The van der Waals surface area contributed by atoms with Gasteiger partial charge in [-0.2, -0.15) is 0 Å². The second kappa shape index (κ2) is 9.96. The van der Waals surface area contributed by atoms with Crippen molar-refractivity contribution < 1.29 is 0 Å². The summed E-state index contributed by atoms with van der Waals surface area (Å²) in [7, 11) is 0. The van der Waals surface area contributed by atoms with Crippen molar-refractivity contribution >= 4 is 29.9 Å². The van der Waals surface area contributed by atoms with Gasteiger partial charge in [-0.1, -0.05) is 37.3 Å². The first-order valence-electron chi connectivity index (χ1n) is 10.7. The van der Waals surface area contributed by atoms with Gasteiger partial charge in [-0.05, 0) is 49.5 Å². The Balaban J connectivity index is 0.00000240. The quantitative estimate of drug-likeness (QED) is 0.359. The highest BCUT2D eigenvalue weighted by molar-refractivity contribution is 14.0. The van der Waals surface area contributed by atoms with Crippen molar-refractivity contribution in [3.63, 3.8) is 0 Å². The standard InChI is InChI=1S/C23H33N5.HI/c1-3-25-22(26-17-23(10-11-23)15-20-7-5-4-6-8-20)27-13-9-19(2)21(16-27)28-14-12-24-18-28;/h4-8,12,14,18-19,21H,3,9-11,13,15-17H2,1-2H3,(H,25,26);1H. The summed E-state index contributed by atoms with van der Waals surface area (Å²) in [4.78, 5) is 11.8. The van der Waals surface area contributed by atoms with Crippen molar-refractivity contribution in [3.8, 4) is 0 Å². The smallest absolute Gasteiger partial charge is 0.194 e. The molecule has 1 saturated heterocycles. The van der Waals surface area contributed by atoms with Crippen molar-refractivity contribution in [2.75, 3.05) is 26.2 Å². The first-order valence-corrected chi connectivity index (χ1v) is 10.7. The van der Waals surface area contributed by atoms with Crippen molar-refractivity contribution in [1.29, 1.82) is 0 Å². The van der Waals surface area contributed by atoms with Gasteiger partial charge in [0.15, 0.2) is 5.96 Å². The Labute approximate surface area is 192 Å². The summed E-state index contributed by atoms with van der Waals surface area (Å²) in [6.07, 6.45) is 10.8. The van der Waals surface area contributed by atoms with Gasteiger partial charge < -0.3 is 14.8 Å². The van der Waals surface area contributed by atoms with Crippen LogP contribution in [0, 0.1) is 11.3 Å². The molecule has 2 aromatic rings. The van der Waals surface area contributed by atoms with Gasteiger partial charge in [-0.15, -0.1) is 24.0 Å². The molecule has 2 aliphatic rings. The largest absolute Gasteiger partial charge is 0.357 e. The Morgan fingerprint density at radius 1 is 1.28 bits per heavy atom. The summed E-state index contributed by atoms with van der Waals surface area (Å²) in [5.74, 6) is 1.74. The summed E-state index contributed by atoms with van der Waals surface area (Å²) in [5, 5.41) is 3.55. The first kappa shape index (κ1) is 22.1. The number of guanidine groups is 1. The topological polar surface area (TPSA) is 45.5 Å². The Bertz CT molecular complexity index is 770. The number of rotatable bonds is 6. The molecule has 5 nitrogen and oxygen atoms in total. The number of hydrogen-bond acceptors (Lipinski definition) is 2. The number of imidazole rings is 1. The van der Waals surface area contributed by atoms with Crippen LogP contribution in [0.2, 0.25) is 0 Å². The SMILES string of the molecule is CCNC(=NCC1(Cc2ccccc2)CC1)N1CCC(C)C(n2ccnc2)C1.I. The van der Waals surface area contributed by atoms with Crippen molar-refractivity contribution in [3.05, 3.63) is 54.6 Å². The predicted molar refractivity (Wildman–Crippen MR) is 130 cm³/mol. The van der Waals surface area contributed by atoms with Crippen molar-refractivity contribution in [1.82, 2.24) is 19.8 Å². The lowest BCUT2D eigenvalue weighted by Gasteiger charge is -2.39. The maximum atomic E-state index is 5.11. The summed E-state index contributed by atoms with van der Waals surface area (Å²) in [6.45, 7) is 8.41. The van der Waals surface area contributed by atoms with Crippen LogP contribution in [0.3, 0.4) is 0 Å². The highest BCUT2D eigenvalue weighted by Crippen LogP contribution is 2.48. The minimum atomic E-state index is 0. The van der Waals surface area contributed by atoms with Crippen LogP contribution in [0.4, 0.5) is 0 Å². The molecule has 1 saturated carbocycles. The van der Waals surface area contributed by atoms with Crippen LogP contribution in [0.1, 0.15) is 44.7 Å². The third-order valence-electron chi connectivity index (χ3n) is 6.40. The van der Waals surface area contributed by atoms with Gasteiger partial charge in [-0.25, -0.2) is 4.98 Å². The van der Waals surface area contributed by atoms with Crippen LogP contribution < -0.4 is 5.32 Å². The number of nitrogens with one attached hydrogen (secondary N) is 1. The number of aromatic nitrogens is 2. The second-order valence-corrected chi connectivity index (χ2v) is 8.62. The van der Waals surface area contributed by atoms with Gasteiger partial charge in [0.2, 0.25) is 0 Å². The monoisotopic (exact) mass is 507 g/mol. The van der Waals surface area contributed by atoms with Gasteiger partial charge in [0.25, 0.3) is 0 Å². The molecule has 1 aromatic heterocycles. The van der Waals surface area contributed by atoms with Gasteiger partial charge in [-0.3, -0.25) is 4.99 Å². The fourth-order valence-corrected chi connectivity index (χ4v) is 4.36. The lowest BCUT2D eigenvalue weighted by Crippen LogP contribution is -2.49. The maximum absolute atomic E-state index is 5.11. The molecule has 4 rings (SSSR count). The number of halogens is 1. The summed E-state index contributed by atoms with van der Waals surface area (Å²) < 4.78 is 2.26. The summed E-state index contributed by atoms with van der Waals surface area (Å²) in [6, 6.07) is 11.3. The van der Waals surface area contributed by atoms with Crippen molar-refractivity contribution in [2.45, 2.75) is 45.6 Å². The molecule has 2 fully saturated rings. The van der Waals surface area contributed by atoms with E-state index in [0.29, 0.717) is 17.4 Å². The van der Waals surface area contributed by atoms with Gasteiger partial charge >= 0.3 is 0 Å². The predicted octanol–water partition coefficient (Wildman–Crippen LogP) is 4.37. The summed E-state index contributed by atoms with van der Waals surface area (Å²) in [5.41, 5.74) is 1.81. The molecule has 1 aliphatic heterocycles. The molecule has 2 heterocycles. The third-order valence-corrected chi connectivity index (χ3v) is 6.40. The lowest BCUT2D eigenvalue weighted by atomic mass is 9.93. The van der Waals surface area contributed by atoms with Gasteiger partial charge in [0.1, 0.15) is 0 Å². The van der Waals surface area contributed by atoms with E-state index in [1.807, 2.05) is 12.5 Å². The molecule has 1 aromatic carbocycles. The highest BCUT2D eigenvalue weighted by Gasteiger charge is 2.42. The van der Waals surface area contributed by atoms with Gasteiger partial charge in [0.05, 0.1) is 12.4 Å². The molecule has 2 atom stereocenters. The minimum Gasteiger partial charge on any atom is -0.357 e. The molecule has 2 unspecified atom stereocenters. The number of piperidine rings is 1. The van der Waals surface area contributed by atoms with Crippen LogP contribution in [-0.2, 0) is 6.42 Å². The van der Waals surface area contributed by atoms with E-state index in [1.165, 1.54) is 24.8 Å². The molecule has 29 heavy (non-hydrogen) atoms. The molecule has 6 heteroatoms. The number of aliphatic imine (C=N–C) groups is 1. The molecular weight excluding hydrogens is 473 g/mol. The van der Waals surface area contributed by atoms with Crippen LogP contribution in [0.5, 0.6) is 0 Å². The molecule has 1 aliphatic carbocycles. The third kappa shape index (κ3) is 5.53. The normalized spacial score (nSPS) is 23.4. The molecule has 0 bridgehead atoms. The molecule has 1 N–H and O–H groups in total. The van der Waals surface area contributed by atoms with E-state index in [1.54, 1.807) is 0 Å². The van der Waals surface area contributed by atoms with Crippen LogP contribution in [-0.4, -0.2) is 46.6 Å². The molecule has 0 amide bonds. The van der Waals surface area contributed by atoms with Crippen LogP contribution >= 0.6 is 24.0 Å². The van der Waals surface area contributed by atoms with E-state index in [9.17, 15) is 0 Å². The van der Waals surface area contributed by atoms with E-state index in [0.717, 1.165) is 38.6 Å².